The second-order valence-corrected chi connectivity index (χ2v) is 7.18. The van der Waals surface area contributed by atoms with E-state index in [1.165, 1.54) is 0 Å². The Kier molecular flexibility index (Phi) is 3.73. The third-order valence-corrected chi connectivity index (χ3v) is 5.56. The Hall–Kier alpha value is -0.620. The zero-order valence-electron chi connectivity index (χ0n) is 9.84. The Morgan fingerprint density at radius 2 is 1.94 bits per heavy atom. The zero-order chi connectivity index (χ0) is 12.5. The Labute approximate surface area is 102 Å². The number of rotatable bonds is 6. The van der Waals surface area contributed by atoms with Crippen LogP contribution in [0.25, 0.3) is 0 Å². The highest BCUT2D eigenvalue weighted by Crippen LogP contribution is 2.32. The lowest BCUT2D eigenvalue weighted by Gasteiger charge is -2.16. The first-order chi connectivity index (χ1) is 7.97. The van der Waals surface area contributed by atoms with Crippen molar-refractivity contribution in [3.05, 3.63) is 0 Å². The minimum Gasteiger partial charge on any atom is -0.481 e. The van der Waals surface area contributed by atoms with Gasteiger partial charge in [-0.1, -0.05) is 0 Å². The van der Waals surface area contributed by atoms with Gasteiger partial charge in [0, 0.05) is 19.5 Å². The third kappa shape index (κ3) is 3.67. The molecule has 0 aromatic carbocycles. The number of aliphatic carboxylic acids is 1. The summed E-state index contributed by atoms with van der Waals surface area (Å²) in [6.07, 6.45) is 3.61. The molecular formula is C11H19NO4S. The molecule has 1 saturated heterocycles. The summed E-state index contributed by atoms with van der Waals surface area (Å²) in [7, 11) is -3.08. The predicted octanol–water partition coefficient (Wildman–Crippen LogP) is 0.913. The first kappa shape index (κ1) is 12.8. The SMILES string of the molecule is O=C(O)CCC1CCN(S(=O)(=O)CC2CC2)C1. The summed E-state index contributed by atoms with van der Waals surface area (Å²) < 4.78 is 25.5. The lowest BCUT2D eigenvalue weighted by atomic mass is 10.0. The molecule has 5 nitrogen and oxygen atoms in total. The van der Waals surface area contributed by atoms with Gasteiger partial charge in [0.15, 0.2) is 0 Å². The molecule has 1 aliphatic heterocycles. The number of nitrogens with zero attached hydrogens (tertiary/aromatic N) is 1. The van der Waals surface area contributed by atoms with Crippen LogP contribution >= 0.6 is 0 Å². The van der Waals surface area contributed by atoms with Crippen LogP contribution in [0.15, 0.2) is 0 Å². The van der Waals surface area contributed by atoms with Crippen LogP contribution in [0, 0.1) is 11.8 Å². The summed E-state index contributed by atoms with van der Waals surface area (Å²) in [5.74, 6) is 0.0842. The molecule has 1 atom stereocenters. The predicted molar refractivity (Wildman–Crippen MR) is 63.1 cm³/mol. The van der Waals surface area contributed by atoms with E-state index in [-0.39, 0.29) is 12.3 Å². The summed E-state index contributed by atoms with van der Waals surface area (Å²) in [6.45, 7) is 1.08. The Balaban J connectivity index is 1.81. The third-order valence-electron chi connectivity index (χ3n) is 3.55. The second-order valence-electron chi connectivity index (χ2n) is 5.17. The van der Waals surface area contributed by atoms with Gasteiger partial charge >= 0.3 is 5.97 Å². The van der Waals surface area contributed by atoms with Crippen LogP contribution in [0.5, 0.6) is 0 Å². The van der Waals surface area contributed by atoms with Crippen LogP contribution in [0.4, 0.5) is 0 Å². The maximum absolute atomic E-state index is 12.0. The van der Waals surface area contributed by atoms with E-state index in [4.69, 9.17) is 5.11 Å². The molecule has 98 valence electrons. The molecule has 2 aliphatic rings. The molecule has 0 bridgehead atoms. The zero-order valence-corrected chi connectivity index (χ0v) is 10.7. The Bertz CT molecular complexity index is 388. The minimum absolute atomic E-state index is 0.140. The van der Waals surface area contributed by atoms with Crippen molar-refractivity contribution < 1.29 is 18.3 Å². The number of carboxylic acid groups (broad SMARTS) is 1. The fraction of sp³-hybridized carbons (Fsp3) is 0.909. The minimum atomic E-state index is -3.08. The van der Waals surface area contributed by atoms with Crippen molar-refractivity contribution in [2.45, 2.75) is 32.1 Å². The lowest BCUT2D eigenvalue weighted by molar-refractivity contribution is -0.137. The molecule has 1 saturated carbocycles. The molecule has 1 aliphatic carbocycles. The fourth-order valence-electron chi connectivity index (χ4n) is 2.30. The maximum atomic E-state index is 12.0. The number of carboxylic acids is 1. The van der Waals surface area contributed by atoms with Gasteiger partial charge in [0.05, 0.1) is 5.75 Å². The van der Waals surface area contributed by atoms with Gasteiger partial charge in [0.2, 0.25) is 10.0 Å². The number of hydrogen-bond acceptors (Lipinski definition) is 3. The van der Waals surface area contributed by atoms with Gasteiger partial charge in [-0.2, -0.15) is 0 Å². The fourth-order valence-corrected chi connectivity index (χ4v) is 4.26. The van der Waals surface area contributed by atoms with Gasteiger partial charge in [0.25, 0.3) is 0 Å². The number of carbonyl (C=O) groups is 1. The van der Waals surface area contributed by atoms with E-state index in [2.05, 4.69) is 0 Å². The van der Waals surface area contributed by atoms with Gasteiger partial charge in [-0.05, 0) is 37.5 Å². The van der Waals surface area contributed by atoms with Gasteiger partial charge < -0.3 is 5.11 Å². The molecule has 1 N–H and O–H groups in total. The van der Waals surface area contributed by atoms with E-state index < -0.39 is 16.0 Å². The Morgan fingerprint density at radius 1 is 1.24 bits per heavy atom. The molecule has 1 heterocycles. The second kappa shape index (κ2) is 4.94. The Morgan fingerprint density at radius 3 is 2.53 bits per heavy atom. The summed E-state index contributed by atoms with van der Waals surface area (Å²) in [5.41, 5.74) is 0. The first-order valence-corrected chi connectivity index (χ1v) is 7.78. The molecule has 0 spiro atoms. The molecule has 17 heavy (non-hydrogen) atoms. The average Bonchev–Trinajstić information content (AvgIpc) is 2.90. The van der Waals surface area contributed by atoms with E-state index in [9.17, 15) is 13.2 Å². The molecule has 0 aromatic heterocycles. The van der Waals surface area contributed by atoms with Crippen LogP contribution < -0.4 is 0 Å². The molecular weight excluding hydrogens is 242 g/mol. The summed E-state index contributed by atoms with van der Waals surface area (Å²) in [4.78, 5) is 10.5. The maximum Gasteiger partial charge on any atom is 0.303 e. The molecule has 1 unspecified atom stereocenters. The topological polar surface area (TPSA) is 74.7 Å². The molecule has 0 amide bonds. The summed E-state index contributed by atoms with van der Waals surface area (Å²) in [5, 5.41) is 8.59. The molecule has 0 aromatic rings. The molecule has 2 fully saturated rings. The number of sulfonamides is 1. The van der Waals surface area contributed by atoms with Crippen LogP contribution in [-0.4, -0.2) is 42.6 Å². The van der Waals surface area contributed by atoms with Crippen LogP contribution in [0.1, 0.15) is 32.1 Å². The van der Waals surface area contributed by atoms with Crippen LogP contribution in [0.2, 0.25) is 0 Å². The van der Waals surface area contributed by atoms with Gasteiger partial charge in [-0.3, -0.25) is 4.79 Å². The lowest BCUT2D eigenvalue weighted by Crippen LogP contribution is -2.31. The highest BCUT2D eigenvalue weighted by Gasteiger charge is 2.35. The van der Waals surface area contributed by atoms with E-state index in [1.54, 1.807) is 4.31 Å². The van der Waals surface area contributed by atoms with Crippen molar-refractivity contribution in [2.24, 2.45) is 11.8 Å². The standard InChI is InChI=1S/C11H19NO4S/c13-11(14)4-3-9-5-6-12(7-9)17(15,16)8-10-1-2-10/h9-10H,1-8H2,(H,13,14). The van der Waals surface area contributed by atoms with Gasteiger partial charge in [-0.25, -0.2) is 12.7 Å². The smallest absolute Gasteiger partial charge is 0.303 e. The van der Waals surface area contributed by atoms with E-state index in [0.717, 1.165) is 19.3 Å². The van der Waals surface area contributed by atoms with Crippen LogP contribution in [-0.2, 0) is 14.8 Å². The molecule has 0 radical (unpaired) electrons. The first-order valence-electron chi connectivity index (χ1n) is 6.17. The van der Waals surface area contributed by atoms with Crippen molar-refractivity contribution in [1.82, 2.24) is 4.31 Å². The molecule has 2 rings (SSSR count). The number of hydrogen-bond donors (Lipinski definition) is 1. The van der Waals surface area contributed by atoms with Crippen molar-refractivity contribution in [3.8, 4) is 0 Å². The van der Waals surface area contributed by atoms with Crippen molar-refractivity contribution in [3.63, 3.8) is 0 Å². The van der Waals surface area contributed by atoms with E-state index in [1.807, 2.05) is 0 Å². The van der Waals surface area contributed by atoms with E-state index in [0.29, 0.717) is 31.2 Å². The highest BCUT2D eigenvalue weighted by molar-refractivity contribution is 7.89. The highest BCUT2D eigenvalue weighted by atomic mass is 32.2. The summed E-state index contributed by atoms with van der Waals surface area (Å²) in [6, 6.07) is 0. The summed E-state index contributed by atoms with van der Waals surface area (Å²) >= 11 is 0. The van der Waals surface area contributed by atoms with Gasteiger partial charge in [-0.15, -0.1) is 0 Å². The van der Waals surface area contributed by atoms with Gasteiger partial charge in [0.1, 0.15) is 0 Å². The monoisotopic (exact) mass is 261 g/mol. The quantitative estimate of drug-likeness (QED) is 0.771. The van der Waals surface area contributed by atoms with Crippen molar-refractivity contribution in [2.75, 3.05) is 18.8 Å². The van der Waals surface area contributed by atoms with Crippen LogP contribution in [0.3, 0.4) is 0 Å². The van der Waals surface area contributed by atoms with E-state index >= 15 is 0 Å². The van der Waals surface area contributed by atoms with Crippen molar-refractivity contribution in [1.29, 1.82) is 0 Å². The average molecular weight is 261 g/mol. The largest absolute Gasteiger partial charge is 0.481 e. The normalized spacial score (nSPS) is 26.2. The van der Waals surface area contributed by atoms with Crippen molar-refractivity contribution >= 4 is 16.0 Å². The molecule has 6 heteroatoms.